The van der Waals surface area contributed by atoms with E-state index in [4.69, 9.17) is 4.74 Å². The minimum absolute atomic E-state index is 0.533. The summed E-state index contributed by atoms with van der Waals surface area (Å²) in [5, 5.41) is 5.85. The van der Waals surface area contributed by atoms with Crippen LogP contribution in [0.4, 0.5) is 13.2 Å². The number of hydrogen-bond donors (Lipinski definition) is 2. The van der Waals surface area contributed by atoms with Gasteiger partial charge in [-0.25, -0.2) is 5.43 Å². The number of methoxy groups -OCH3 is 1. The molecule has 0 heterocycles. The van der Waals surface area contributed by atoms with Gasteiger partial charge in [-0.1, -0.05) is 24.3 Å². The Bertz CT molecular complexity index is 851. The molecule has 27 heavy (non-hydrogen) atoms. The van der Waals surface area contributed by atoms with Crippen LogP contribution in [0.1, 0.15) is 21.5 Å². The fraction of sp³-hybridized carbons (Fsp3) is 0.167. The largest absolute Gasteiger partial charge is 0.496 e. The van der Waals surface area contributed by atoms with E-state index in [1.807, 2.05) is 0 Å². The van der Waals surface area contributed by atoms with Crippen molar-refractivity contribution in [2.75, 3.05) is 13.7 Å². The predicted molar refractivity (Wildman–Crippen MR) is 92.5 cm³/mol. The molecule has 0 spiro atoms. The Balaban J connectivity index is 1.93. The molecule has 2 rings (SSSR count). The lowest BCUT2D eigenvalue weighted by Gasteiger charge is -2.12. The monoisotopic (exact) mass is 379 g/mol. The Hall–Kier alpha value is -3.36. The first-order valence-corrected chi connectivity index (χ1v) is 7.72. The lowest BCUT2D eigenvalue weighted by atomic mass is 10.1. The van der Waals surface area contributed by atoms with Crippen LogP contribution in [0.3, 0.4) is 0 Å². The van der Waals surface area contributed by atoms with Crippen molar-refractivity contribution in [1.82, 2.24) is 10.7 Å². The number of carbonyl (C=O) groups is 2. The van der Waals surface area contributed by atoms with Crippen LogP contribution in [-0.2, 0) is 11.0 Å². The smallest absolute Gasteiger partial charge is 0.417 e. The van der Waals surface area contributed by atoms with Gasteiger partial charge in [-0.05, 0) is 24.3 Å². The number of rotatable bonds is 6. The van der Waals surface area contributed by atoms with Gasteiger partial charge in [0.15, 0.2) is 0 Å². The number of hydrogen-bond acceptors (Lipinski definition) is 4. The molecule has 142 valence electrons. The molecular weight excluding hydrogens is 363 g/mol. The fourth-order valence-corrected chi connectivity index (χ4v) is 2.17. The second-order valence-electron chi connectivity index (χ2n) is 5.26. The van der Waals surface area contributed by atoms with Gasteiger partial charge in [0.25, 0.3) is 11.8 Å². The van der Waals surface area contributed by atoms with E-state index in [2.05, 4.69) is 15.8 Å². The maximum absolute atomic E-state index is 12.9. The molecule has 2 N–H and O–H groups in total. The summed E-state index contributed by atoms with van der Waals surface area (Å²) in [4.78, 5) is 23.7. The highest BCUT2D eigenvalue weighted by atomic mass is 19.4. The highest BCUT2D eigenvalue weighted by Crippen LogP contribution is 2.31. The summed E-state index contributed by atoms with van der Waals surface area (Å²) in [7, 11) is 1.49. The quantitative estimate of drug-likeness (QED) is 0.598. The molecule has 2 aromatic carbocycles. The fourth-order valence-electron chi connectivity index (χ4n) is 2.17. The first-order valence-electron chi connectivity index (χ1n) is 7.72. The van der Waals surface area contributed by atoms with Gasteiger partial charge in [0.2, 0.25) is 0 Å². The molecular formula is C18H16F3N3O3. The zero-order valence-electron chi connectivity index (χ0n) is 14.2. The Morgan fingerprint density at radius 1 is 1.11 bits per heavy atom. The van der Waals surface area contributed by atoms with E-state index in [9.17, 15) is 22.8 Å². The van der Waals surface area contributed by atoms with Gasteiger partial charge in [0, 0.05) is 5.56 Å². The third-order valence-corrected chi connectivity index (χ3v) is 3.42. The van der Waals surface area contributed by atoms with Crippen molar-refractivity contribution < 1.29 is 27.5 Å². The minimum atomic E-state index is -4.67. The molecule has 0 saturated carbocycles. The third kappa shape index (κ3) is 5.56. The normalized spacial score (nSPS) is 11.3. The summed E-state index contributed by atoms with van der Waals surface area (Å²) >= 11 is 0. The van der Waals surface area contributed by atoms with Crippen molar-refractivity contribution in [1.29, 1.82) is 0 Å². The molecule has 2 aromatic rings. The maximum atomic E-state index is 12.9. The van der Waals surface area contributed by atoms with E-state index in [0.29, 0.717) is 11.3 Å². The second kappa shape index (κ2) is 8.84. The minimum Gasteiger partial charge on any atom is -0.496 e. The number of ether oxygens (including phenoxy) is 1. The van der Waals surface area contributed by atoms with E-state index in [-0.39, 0.29) is 0 Å². The van der Waals surface area contributed by atoms with Gasteiger partial charge in [0.1, 0.15) is 5.75 Å². The lowest BCUT2D eigenvalue weighted by Crippen LogP contribution is -2.35. The molecule has 0 unspecified atom stereocenters. The third-order valence-electron chi connectivity index (χ3n) is 3.42. The van der Waals surface area contributed by atoms with Gasteiger partial charge in [0.05, 0.1) is 31.0 Å². The molecule has 0 bridgehead atoms. The molecule has 0 aliphatic carbocycles. The molecule has 0 fully saturated rings. The van der Waals surface area contributed by atoms with Crippen molar-refractivity contribution in [3.05, 3.63) is 65.2 Å². The van der Waals surface area contributed by atoms with Crippen LogP contribution in [0, 0.1) is 0 Å². The summed E-state index contributed by atoms with van der Waals surface area (Å²) in [6, 6.07) is 11.3. The molecule has 0 radical (unpaired) electrons. The number of amides is 2. The number of benzene rings is 2. The lowest BCUT2D eigenvalue weighted by molar-refractivity contribution is -0.137. The highest BCUT2D eigenvalue weighted by Gasteiger charge is 2.34. The van der Waals surface area contributed by atoms with E-state index in [0.717, 1.165) is 12.1 Å². The van der Waals surface area contributed by atoms with Crippen molar-refractivity contribution in [2.45, 2.75) is 6.18 Å². The molecule has 2 amide bonds. The summed E-state index contributed by atoms with van der Waals surface area (Å²) in [6.07, 6.45) is -3.33. The summed E-state index contributed by atoms with van der Waals surface area (Å²) in [6.45, 7) is -0.533. The van der Waals surface area contributed by atoms with Crippen molar-refractivity contribution >= 4 is 18.0 Å². The Morgan fingerprint density at radius 3 is 2.48 bits per heavy atom. The van der Waals surface area contributed by atoms with Crippen LogP contribution < -0.4 is 15.5 Å². The predicted octanol–water partition coefficient (Wildman–Crippen LogP) is 2.59. The Kier molecular flexibility index (Phi) is 6.53. The number of hydrazone groups is 1. The van der Waals surface area contributed by atoms with Crippen molar-refractivity contribution in [2.24, 2.45) is 5.10 Å². The van der Waals surface area contributed by atoms with Gasteiger partial charge in [-0.3, -0.25) is 9.59 Å². The maximum Gasteiger partial charge on any atom is 0.417 e. The average molecular weight is 379 g/mol. The molecule has 0 aliphatic heterocycles. The second-order valence-corrected chi connectivity index (χ2v) is 5.26. The van der Waals surface area contributed by atoms with Gasteiger partial charge < -0.3 is 10.1 Å². The molecule has 9 heteroatoms. The SMILES string of the molecule is COc1ccccc1/C=N\NC(=O)CNC(=O)c1ccccc1C(F)(F)F. The Morgan fingerprint density at radius 2 is 1.78 bits per heavy atom. The zero-order chi connectivity index (χ0) is 19.9. The first kappa shape index (κ1) is 20.0. The van der Waals surface area contributed by atoms with E-state index < -0.39 is 35.7 Å². The average Bonchev–Trinajstić information content (AvgIpc) is 2.65. The summed E-state index contributed by atoms with van der Waals surface area (Å²) in [5.41, 5.74) is 1.15. The van der Waals surface area contributed by atoms with Crippen LogP contribution in [0.25, 0.3) is 0 Å². The topological polar surface area (TPSA) is 79.8 Å². The Labute approximate surface area is 153 Å². The number of nitrogens with one attached hydrogen (secondary N) is 2. The number of nitrogens with zero attached hydrogens (tertiary/aromatic N) is 1. The van der Waals surface area contributed by atoms with E-state index in [1.165, 1.54) is 25.5 Å². The molecule has 0 aliphatic rings. The number of halogens is 3. The molecule has 0 aromatic heterocycles. The zero-order valence-corrected chi connectivity index (χ0v) is 14.2. The first-order chi connectivity index (χ1) is 12.8. The van der Waals surface area contributed by atoms with E-state index >= 15 is 0 Å². The number of carbonyl (C=O) groups excluding carboxylic acids is 2. The molecule has 0 atom stereocenters. The summed E-state index contributed by atoms with van der Waals surface area (Å²) < 4.78 is 43.8. The van der Waals surface area contributed by atoms with Gasteiger partial charge in [-0.15, -0.1) is 0 Å². The highest BCUT2D eigenvalue weighted by molar-refractivity contribution is 5.98. The van der Waals surface area contributed by atoms with Crippen molar-refractivity contribution in [3.63, 3.8) is 0 Å². The molecule has 6 nitrogen and oxygen atoms in total. The van der Waals surface area contributed by atoms with Crippen molar-refractivity contribution in [3.8, 4) is 5.75 Å². The van der Waals surface area contributed by atoms with Crippen LogP contribution in [0.5, 0.6) is 5.75 Å². The van der Waals surface area contributed by atoms with Gasteiger partial charge >= 0.3 is 6.18 Å². The summed E-state index contributed by atoms with van der Waals surface area (Å²) in [5.74, 6) is -1.15. The number of alkyl halides is 3. The van der Waals surface area contributed by atoms with Crippen LogP contribution in [0.15, 0.2) is 53.6 Å². The number of para-hydroxylation sites is 1. The molecule has 0 saturated heterocycles. The van der Waals surface area contributed by atoms with Gasteiger partial charge in [-0.2, -0.15) is 18.3 Å². The standard InChI is InChI=1S/C18H16F3N3O3/c1-27-15-9-5-2-6-12(15)10-23-24-16(25)11-22-17(26)13-7-3-4-8-14(13)18(19,20)21/h2-10H,11H2,1H3,(H,22,26)(H,24,25)/b23-10-. The van der Waals surface area contributed by atoms with Crippen LogP contribution >= 0.6 is 0 Å². The van der Waals surface area contributed by atoms with Crippen LogP contribution in [0.2, 0.25) is 0 Å². The van der Waals surface area contributed by atoms with E-state index in [1.54, 1.807) is 24.3 Å². The van der Waals surface area contributed by atoms with Crippen LogP contribution in [-0.4, -0.2) is 31.7 Å².